The molecule has 0 bridgehead atoms. The van der Waals surface area contributed by atoms with Gasteiger partial charge in [0.25, 0.3) is 0 Å². The lowest BCUT2D eigenvalue weighted by Crippen LogP contribution is -2.26. The lowest BCUT2D eigenvalue weighted by Gasteiger charge is -2.18. The van der Waals surface area contributed by atoms with Crippen molar-refractivity contribution in [3.8, 4) is 0 Å². The minimum Gasteiger partial charge on any atom is -0.396 e. The molecule has 2 rings (SSSR count). The van der Waals surface area contributed by atoms with Crippen LogP contribution in [0.5, 0.6) is 0 Å². The van der Waals surface area contributed by atoms with Gasteiger partial charge in [-0.05, 0) is 61.4 Å². The molecule has 1 saturated carbocycles. The maximum atomic E-state index is 9.29. The first-order chi connectivity index (χ1) is 8.70. The summed E-state index contributed by atoms with van der Waals surface area (Å²) in [4.78, 5) is 0. The van der Waals surface area contributed by atoms with Crippen LogP contribution in [0.15, 0.2) is 18.2 Å². The Labute approximate surface area is 114 Å². The van der Waals surface area contributed by atoms with Crippen LogP contribution >= 0.6 is 11.6 Å². The number of hydrogen-bond acceptors (Lipinski definition) is 2. The minimum atomic E-state index is 0.340. The minimum absolute atomic E-state index is 0.340. The molecule has 0 saturated heterocycles. The number of hydrogen-bond donors (Lipinski definition) is 2. The van der Waals surface area contributed by atoms with Crippen molar-refractivity contribution in [2.45, 2.75) is 32.7 Å². The number of nitrogens with one attached hydrogen (secondary N) is 1. The van der Waals surface area contributed by atoms with E-state index in [1.165, 1.54) is 30.4 Å². The smallest absolute Gasteiger partial charge is 0.0462 e. The maximum absolute atomic E-state index is 9.29. The van der Waals surface area contributed by atoms with E-state index in [1.807, 2.05) is 12.1 Å². The number of aliphatic hydroxyl groups excluding tert-OH is 1. The van der Waals surface area contributed by atoms with Gasteiger partial charge >= 0.3 is 0 Å². The highest BCUT2D eigenvalue weighted by Gasteiger charge is 2.25. The largest absolute Gasteiger partial charge is 0.396 e. The van der Waals surface area contributed by atoms with Crippen molar-refractivity contribution in [1.82, 2.24) is 5.32 Å². The van der Waals surface area contributed by atoms with Crippen molar-refractivity contribution in [2.24, 2.45) is 11.8 Å². The van der Waals surface area contributed by atoms with Crippen LogP contribution in [0.25, 0.3) is 0 Å². The molecule has 0 amide bonds. The molecule has 2 nitrogen and oxygen atoms in total. The summed E-state index contributed by atoms with van der Waals surface area (Å²) in [6, 6.07) is 6.03. The highest BCUT2D eigenvalue weighted by molar-refractivity contribution is 6.30. The number of aliphatic hydroxyl groups is 1. The highest BCUT2D eigenvalue weighted by atomic mass is 35.5. The van der Waals surface area contributed by atoms with Gasteiger partial charge in [0, 0.05) is 18.2 Å². The third-order valence-corrected chi connectivity index (χ3v) is 4.31. The predicted octanol–water partition coefficient (Wildman–Crippen LogP) is 3.15. The van der Waals surface area contributed by atoms with E-state index in [2.05, 4.69) is 18.3 Å². The summed E-state index contributed by atoms with van der Waals surface area (Å²) >= 11 is 5.94. The number of rotatable bonds is 5. The van der Waals surface area contributed by atoms with Crippen molar-refractivity contribution in [3.05, 3.63) is 34.3 Å². The van der Waals surface area contributed by atoms with Crippen LogP contribution in [0.1, 0.15) is 30.4 Å². The molecule has 0 spiro atoms. The normalized spacial score (nSPS) is 23.5. The predicted molar refractivity (Wildman–Crippen MR) is 75.8 cm³/mol. The fourth-order valence-corrected chi connectivity index (χ4v) is 3.10. The van der Waals surface area contributed by atoms with E-state index in [4.69, 9.17) is 11.6 Å². The molecule has 1 aliphatic carbocycles. The first-order valence-corrected chi connectivity index (χ1v) is 7.15. The van der Waals surface area contributed by atoms with E-state index in [9.17, 15) is 5.11 Å². The second kappa shape index (κ2) is 6.55. The summed E-state index contributed by atoms with van der Waals surface area (Å²) in [5.74, 6) is 1.14. The first kappa shape index (κ1) is 13.9. The lowest BCUT2D eigenvalue weighted by molar-refractivity contribution is 0.192. The third kappa shape index (κ3) is 3.47. The Morgan fingerprint density at radius 2 is 2.11 bits per heavy atom. The highest BCUT2D eigenvalue weighted by Crippen LogP contribution is 2.30. The molecule has 2 N–H and O–H groups in total. The molecule has 1 aromatic carbocycles. The zero-order valence-corrected chi connectivity index (χ0v) is 11.7. The van der Waals surface area contributed by atoms with E-state index >= 15 is 0 Å². The second-order valence-corrected chi connectivity index (χ2v) is 5.77. The quantitative estimate of drug-likeness (QED) is 0.859. The Bertz CT molecular complexity index is 394. The Morgan fingerprint density at radius 3 is 2.83 bits per heavy atom. The molecule has 3 heteroatoms. The average molecular weight is 268 g/mol. The number of benzene rings is 1. The zero-order chi connectivity index (χ0) is 13.0. The van der Waals surface area contributed by atoms with Gasteiger partial charge in [-0.15, -0.1) is 0 Å². The molecule has 0 aromatic heterocycles. The fourth-order valence-electron chi connectivity index (χ4n) is 2.87. The molecular formula is C15H22ClNO. The van der Waals surface area contributed by atoms with Gasteiger partial charge in [0.15, 0.2) is 0 Å². The molecule has 2 atom stereocenters. The Balaban J connectivity index is 1.81. The van der Waals surface area contributed by atoms with Crippen LogP contribution in [-0.4, -0.2) is 18.3 Å². The molecular weight excluding hydrogens is 246 g/mol. The molecule has 0 radical (unpaired) electrons. The van der Waals surface area contributed by atoms with Gasteiger partial charge in [0.05, 0.1) is 0 Å². The molecule has 0 heterocycles. The van der Waals surface area contributed by atoms with Crippen LogP contribution in [0.2, 0.25) is 5.02 Å². The summed E-state index contributed by atoms with van der Waals surface area (Å²) in [5, 5.41) is 13.6. The van der Waals surface area contributed by atoms with Gasteiger partial charge in [-0.3, -0.25) is 0 Å². The van der Waals surface area contributed by atoms with Crippen LogP contribution in [0, 0.1) is 18.8 Å². The van der Waals surface area contributed by atoms with E-state index in [0.717, 1.165) is 18.1 Å². The van der Waals surface area contributed by atoms with Crippen molar-refractivity contribution in [3.63, 3.8) is 0 Å². The Kier molecular flexibility index (Phi) is 5.04. The summed E-state index contributed by atoms with van der Waals surface area (Å²) in [6.07, 6.45) is 3.69. The number of aryl methyl sites for hydroxylation is 1. The fraction of sp³-hybridized carbons (Fsp3) is 0.600. The van der Waals surface area contributed by atoms with E-state index < -0.39 is 0 Å². The van der Waals surface area contributed by atoms with Gasteiger partial charge in [0.2, 0.25) is 0 Å². The Morgan fingerprint density at radius 1 is 1.33 bits per heavy atom. The summed E-state index contributed by atoms with van der Waals surface area (Å²) in [7, 11) is 0. The molecule has 0 aliphatic heterocycles. The molecule has 2 unspecified atom stereocenters. The van der Waals surface area contributed by atoms with Crippen molar-refractivity contribution < 1.29 is 5.11 Å². The van der Waals surface area contributed by atoms with Crippen LogP contribution in [0.4, 0.5) is 0 Å². The first-order valence-electron chi connectivity index (χ1n) is 6.77. The van der Waals surface area contributed by atoms with Gasteiger partial charge in [0.1, 0.15) is 0 Å². The topological polar surface area (TPSA) is 32.3 Å². The van der Waals surface area contributed by atoms with Crippen molar-refractivity contribution in [1.29, 1.82) is 0 Å². The van der Waals surface area contributed by atoms with Crippen molar-refractivity contribution >= 4 is 11.6 Å². The van der Waals surface area contributed by atoms with Crippen LogP contribution in [-0.2, 0) is 6.54 Å². The second-order valence-electron chi connectivity index (χ2n) is 5.34. The maximum Gasteiger partial charge on any atom is 0.0462 e. The van der Waals surface area contributed by atoms with Gasteiger partial charge in [-0.2, -0.15) is 0 Å². The molecule has 1 aromatic rings. The SMILES string of the molecule is Cc1cc(Cl)ccc1CNCC1CCCC1CO. The van der Waals surface area contributed by atoms with Gasteiger partial charge < -0.3 is 10.4 Å². The lowest BCUT2D eigenvalue weighted by atomic mass is 9.97. The van der Waals surface area contributed by atoms with E-state index in [1.54, 1.807) is 0 Å². The zero-order valence-electron chi connectivity index (χ0n) is 11.0. The summed E-state index contributed by atoms with van der Waals surface area (Å²) in [6.45, 7) is 4.33. The molecule has 100 valence electrons. The Hall–Kier alpha value is -0.570. The monoisotopic (exact) mass is 267 g/mol. The standard InChI is InChI=1S/C15H22ClNO/c1-11-7-15(16)6-5-12(11)8-17-9-13-3-2-4-14(13)10-18/h5-7,13-14,17-18H,2-4,8-10H2,1H3. The van der Waals surface area contributed by atoms with Crippen LogP contribution in [0.3, 0.4) is 0 Å². The van der Waals surface area contributed by atoms with Crippen LogP contribution < -0.4 is 5.32 Å². The number of halogens is 1. The average Bonchev–Trinajstić information content (AvgIpc) is 2.79. The van der Waals surface area contributed by atoms with E-state index in [-0.39, 0.29) is 0 Å². The van der Waals surface area contributed by atoms with Gasteiger partial charge in [-0.1, -0.05) is 24.1 Å². The molecule has 1 fully saturated rings. The third-order valence-electron chi connectivity index (χ3n) is 4.08. The summed E-state index contributed by atoms with van der Waals surface area (Å²) in [5.41, 5.74) is 2.54. The van der Waals surface area contributed by atoms with Crippen molar-refractivity contribution in [2.75, 3.05) is 13.2 Å². The summed E-state index contributed by atoms with van der Waals surface area (Å²) < 4.78 is 0. The van der Waals surface area contributed by atoms with Gasteiger partial charge in [-0.25, -0.2) is 0 Å². The van der Waals surface area contributed by atoms with E-state index in [0.29, 0.717) is 18.4 Å². The molecule has 1 aliphatic rings. The molecule has 18 heavy (non-hydrogen) atoms.